The quantitative estimate of drug-likeness (QED) is 0.467. The molecular formula is C25H22N2O4S. The fourth-order valence-corrected chi connectivity index (χ4v) is 4.13. The van der Waals surface area contributed by atoms with Gasteiger partial charge >= 0.3 is 0 Å². The predicted octanol–water partition coefficient (Wildman–Crippen LogP) is 5.52. The first kappa shape index (κ1) is 21.5. The Morgan fingerprint density at radius 2 is 1.25 bits per heavy atom. The molecule has 0 aliphatic carbocycles. The minimum Gasteiger partial charge on any atom is -0.497 e. The largest absolute Gasteiger partial charge is 0.497 e. The van der Waals surface area contributed by atoms with Gasteiger partial charge in [-0.1, -0.05) is 12.1 Å². The van der Waals surface area contributed by atoms with Crippen molar-refractivity contribution >= 4 is 40.3 Å². The van der Waals surface area contributed by atoms with Crippen LogP contribution < -0.4 is 19.1 Å². The van der Waals surface area contributed by atoms with Crippen LogP contribution in [-0.4, -0.2) is 32.4 Å². The van der Waals surface area contributed by atoms with E-state index in [1.807, 2.05) is 78.9 Å². The Morgan fingerprint density at radius 3 is 1.78 bits per heavy atom. The predicted molar refractivity (Wildman–Crippen MR) is 129 cm³/mol. The molecule has 0 N–H and O–H groups in total. The van der Waals surface area contributed by atoms with Crippen LogP contribution in [0.4, 0.5) is 11.4 Å². The Morgan fingerprint density at radius 1 is 0.750 bits per heavy atom. The van der Waals surface area contributed by atoms with Crippen LogP contribution in [0.1, 0.15) is 5.56 Å². The number of amides is 1. The second kappa shape index (κ2) is 9.62. The molecule has 1 fully saturated rings. The molecule has 0 radical (unpaired) electrons. The Labute approximate surface area is 191 Å². The smallest absolute Gasteiger partial charge is 0.271 e. The molecule has 4 rings (SSSR count). The van der Waals surface area contributed by atoms with Crippen molar-refractivity contribution in [1.82, 2.24) is 0 Å². The zero-order valence-corrected chi connectivity index (χ0v) is 18.8. The van der Waals surface area contributed by atoms with Crippen molar-refractivity contribution in [2.24, 2.45) is 4.99 Å². The highest BCUT2D eigenvalue weighted by Crippen LogP contribution is 2.38. The molecule has 162 valence electrons. The van der Waals surface area contributed by atoms with E-state index in [4.69, 9.17) is 19.2 Å². The van der Waals surface area contributed by atoms with Gasteiger partial charge in [0.25, 0.3) is 5.91 Å². The molecule has 6 nitrogen and oxygen atoms in total. The number of carbonyl (C=O) groups excluding carboxylic acids is 1. The van der Waals surface area contributed by atoms with Crippen LogP contribution in [0.5, 0.6) is 17.2 Å². The first-order chi connectivity index (χ1) is 15.6. The molecule has 0 atom stereocenters. The van der Waals surface area contributed by atoms with E-state index in [9.17, 15) is 4.79 Å². The minimum atomic E-state index is -0.136. The second-order valence-electron chi connectivity index (χ2n) is 6.81. The number of ether oxygens (including phenoxy) is 3. The molecule has 0 bridgehead atoms. The van der Waals surface area contributed by atoms with Gasteiger partial charge in [-0.25, -0.2) is 4.99 Å². The molecule has 32 heavy (non-hydrogen) atoms. The van der Waals surface area contributed by atoms with E-state index in [2.05, 4.69) is 0 Å². The number of hydrogen-bond acceptors (Lipinski definition) is 6. The van der Waals surface area contributed by atoms with Gasteiger partial charge in [-0.2, -0.15) is 0 Å². The molecule has 0 unspecified atom stereocenters. The number of hydrogen-bond donors (Lipinski definition) is 0. The lowest BCUT2D eigenvalue weighted by molar-refractivity contribution is -0.113. The molecule has 1 aliphatic rings. The zero-order chi connectivity index (χ0) is 22.5. The van der Waals surface area contributed by atoms with Crippen LogP contribution in [0, 0.1) is 0 Å². The summed E-state index contributed by atoms with van der Waals surface area (Å²) in [5.74, 6) is 2.09. The number of methoxy groups -OCH3 is 3. The van der Waals surface area contributed by atoms with E-state index < -0.39 is 0 Å². The topological polar surface area (TPSA) is 60.4 Å². The molecule has 1 heterocycles. The summed E-state index contributed by atoms with van der Waals surface area (Å²) in [6.45, 7) is 0. The van der Waals surface area contributed by atoms with Crippen molar-refractivity contribution in [3.8, 4) is 17.2 Å². The third kappa shape index (κ3) is 4.63. The number of anilines is 1. The standard InChI is InChI=1S/C25H22N2O4S/c1-29-20-10-4-17(5-11-20)16-23-24(28)27(19-8-14-22(31-3)15-9-19)25(32-23)26-18-6-12-21(30-2)13-7-18/h4-16H,1-3H3/b23-16+,26-25?. The molecule has 1 saturated heterocycles. The molecule has 7 heteroatoms. The van der Waals surface area contributed by atoms with E-state index >= 15 is 0 Å². The summed E-state index contributed by atoms with van der Waals surface area (Å²) >= 11 is 1.33. The number of aliphatic imine (C=N–C) groups is 1. The van der Waals surface area contributed by atoms with Crippen LogP contribution in [0.15, 0.2) is 82.7 Å². The summed E-state index contributed by atoms with van der Waals surface area (Å²) < 4.78 is 15.7. The summed E-state index contributed by atoms with van der Waals surface area (Å²) in [5, 5.41) is 0.574. The first-order valence-corrected chi connectivity index (χ1v) is 10.7. The molecule has 3 aromatic carbocycles. The molecule has 3 aromatic rings. The Kier molecular flexibility index (Phi) is 6.47. The van der Waals surface area contributed by atoms with Crippen molar-refractivity contribution in [3.05, 3.63) is 83.3 Å². The van der Waals surface area contributed by atoms with Crippen molar-refractivity contribution in [2.45, 2.75) is 0 Å². The van der Waals surface area contributed by atoms with Crippen molar-refractivity contribution < 1.29 is 19.0 Å². The SMILES string of the molecule is COc1ccc(/C=C2/SC(=Nc3ccc(OC)cc3)N(c3ccc(OC)cc3)C2=O)cc1. The zero-order valence-electron chi connectivity index (χ0n) is 17.9. The molecule has 0 saturated carbocycles. The van der Waals surface area contributed by atoms with Crippen molar-refractivity contribution in [1.29, 1.82) is 0 Å². The fourth-order valence-electron chi connectivity index (χ4n) is 3.13. The summed E-state index contributed by atoms with van der Waals surface area (Å²) in [6, 6.07) is 22.3. The maximum Gasteiger partial charge on any atom is 0.271 e. The van der Waals surface area contributed by atoms with Gasteiger partial charge in [-0.15, -0.1) is 0 Å². The summed E-state index contributed by atoms with van der Waals surface area (Å²) in [5.41, 5.74) is 2.35. The third-order valence-corrected chi connectivity index (χ3v) is 5.82. The average molecular weight is 447 g/mol. The van der Waals surface area contributed by atoms with E-state index in [1.54, 1.807) is 26.2 Å². The van der Waals surface area contributed by atoms with Gasteiger partial charge in [0.1, 0.15) is 17.2 Å². The first-order valence-electron chi connectivity index (χ1n) is 9.86. The fraction of sp³-hybridized carbons (Fsp3) is 0.120. The maximum absolute atomic E-state index is 13.4. The van der Waals surface area contributed by atoms with Gasteiger partial charge in [-0.05, 0) is 84.1 Å². The maximum atomic E-state index is 13.4. The number of benzene rings is 3. The Balaban J connectivity index is 1.72. The Bertz CT molecular complexity index is 1150. The highest BCUT2D eigenvalue weighted by molar-refractivity contribution is 8.19. The lowest BCUT2D eigenvalue weighted by Gasteiger charge is -2.16. The molecular weight excluding hydrogens is 424 g/mol. The van der Waals surface area contributed by atoms with Gasteiger partial charge in [-0.3, -0.25) is 9.69 Å². The van der Waals surface area contributed by atoms with E-state index in [1.165, 1.54) is 11.8 Å². The van der Waals surface area contributed by atoms with E-state index in [-0.39, 0.29) is 5.91 Å². The number of nitrogens with zero attached hydrogens (tertiary/aromatic N) is 2. The number of carbonyl (C=O) groups is 1. The Hall–Kier alpha value is -3.71. The average Bonchev–Trinajstić information content (AvgIpc) is 3.14. The second-order valence-corrected chi connectivity index (χ2v) is 7.82. The highest BCUT2D eigenvalue weighted by atomic mass is 32.2. The molecule has 1 amide bonds. The van der Waals surface area contributed by atoms with Crippen LogP contribution in [0.3, 0.4) is 0 Å². The monoisotopic (exact) mass is 446 g/mol. The summed E-state index contributed by atoms with van der Waals surface area (Å²) in [4.78, 5) is 20.3. The molecule has 1 aliphatic heterocycles. The number of rotatable bonds is 6. The third-order valence-electron chi connectivity index (χ3n) is 4.85. The van der Waals surface area contributed by atoms with Gasteiger partial charge < -0.3 is 14.2 Å². The number of thioether (sulfide) groups is 1. The van der Waals surface area contributed by atoms with Crippen molar-refractivity contribution in [3.63, 3.8) is 0 Å². The summed E-state index contributed by atoms with van der Waals surface area (Å²) in [7, 11) is 4.85. The van der Waals surface area contributed by atoms with E-state index in [0.29, 0.717) is 15.8 Å². The van der Waals surface area contributed by atoms with Gasteiger partial charge in [0, 0.05) is 0 Å². The summed E-state index contributed by atoms with van der Waals surface area (Å²) in [6.07, 6.45) is 1.86. The lowest BCUT2D eigenvalue weighted by Crippen LogP contribution is -2.28. The van der Waals surface area contributed by atoms with Gasteiger partial charge in [0.2, 0.25) is 0 Å². The van der Waals surface area contributed by atoms with Crippen LogP contribution in [-0.2, 0) is 4.79 Å². The number of amidine groups is 1. The van der Waals surface area contributed by atoms with Crippen LogP contribution >= 0.6 is 11.8 Å². The minimum absolute atomic E-state index is 0.136. The van der Waals surface area contributed by atoms with Gasteiger partial charge in [0.05, 0.1) is 37.6 Å². The normalized spacial score (nSPS) is 16.0. The van der Waals surface area contributed by atoms with Crippen molar-refractivity contribution in [2.75, 3.05) is 26.2 Å². The van der Waals surface area contributed by atoms with Gasteiger partial charge in [0.15, 0.2) is 5.17 Å². The molecule has 0 spiro atoms. The molecule has 0 aromatic heterocycles. The van der Waals surface area contributed by atoms with Crippen LogP contribution in [0.25, 0.3) is 6.08 Å². The highest BCUT2D eigenvalue weighted by Gasteiger charge is 2.34. The van der Waals surface area contributed by atoms with Crippen LogP contribution in [0.2, 0.25) is 0 Å². The lowest BCUT2D eigenvalue weighted by atomic mass is 10.2. The van der Waals surface area contributed by atoms with E-state index in [0.717, 1.165) is 28.5 Å².